The number of rotatable bonds is 3. The molecule has 2 rings (SSSR count). The van der Waals surface area contributed by atoms with E-state index in [9.17, 15) is 27.1 Å². The van der Waals surface area contributed by atoms with Gasteiger partial charge in [-0.25, -0.2) is 22.0 Å². The summed E-state index contributed by atoms with van der Waals surface area (Å²) in [6.45, 7) is -0.0955. The first kappa shape index (κ1) is 15.0. The Balaban J connectivity index is 2.42. The number of nitrogens with one attached hydrogen (secondary N) is 1. The van der Waals surface area contributed by atoms with Gasteiger partial charge in [-0.15, -0.1) is 0 Å². The first-order chi connectivity index (χ1) is 9.42. The minimum Gasteiger partial charge on any atom is -0.394 e. The lowest BCUT2D eigenvalue weighted by atomic mass is 9.90. The Kier molecular flexibility index (Phi) is 4.14. The van der Waals surface area contributed by atoms with Gasteiger partial charge in [0.25, 0.3) is 0 Å². The maximum atomic E-state index is 13.6. The highest BCUT2D eigenvalue weighted by atomic mass is 19.2. The lowest BCUT2D eigenvalue weighted by Crippen LogP contribution is -2.47. The van der Waals surface area contributed by atoms with Gasteiger partial charge in [-0.3, -0.25) is 0 Å². The van der Waals surface area contributed by atoms with Crippen molar-refractivity contribution < 1.29 is 31.8 Å². The van der Waals surface area contributed by atoms with Gasteiger partial charge in [-0.2, -0.15) is 0 Å². The third kappa shape index (κ3) is 2.45. The van der Waals surface area contributed by atoms with Gasteiger partial charge < -0.3 is 15.2 Å². The van der Waals surface area contributed by atoms with Crippen molar-refractivity contribution in [1.29, 1.82) is 0 Å². The third-order valence-corrected chi connectivity index (χ3v) is 3.35. The average molecular weight is 297 g/mol. The highest BCUT2D eigenvalue weighted by Gasteiger charge is 2.35. The average Bonchev–Trinajstić information content (AvgIpc) is 2.48. The minimum atomic E-state index is -2.21. The zero-order chi connectivity index (χ0) is 14.9. The molecule has 0 radical (unpaired) electrons. The van der Waals surface area contributed by atoms with Gasteiger partial charge in [0.15, 0.2) is 23.3 Å². The smallest absolute Gasteiger partial charge is 0.200 e. The molecule has 0 bridgehead atoms. The van der Waals surface area contributed by atoms with E-state index in [1.54, 1.807) is 0 Å². The molecule has 0 spiro atoms. The Bertz CT molecular complexity index is 488. The molecule has 0 aliphatic carbocycles. The topological polar surface area (TPSA) is 41.5 Å². The van der Waals surface area contributed by atoms with Crippen LogP contribution in [0.1, 0.15) is 12.8 Å². The number of aliphatic hydroxyl groups excluding tert-OH is 1. The lowest BCUT2D eigenvalue weighted by molar-refractivity contribution is 0.0376. The first-order valence-electron chi connectivity index (χ1n) is 5.90. The van der Waals surface area contributed by atoms with E-state index in [4.69, 9.17) is 4.74 Å². The minimum absolute atomic E-state index is 0.184. The second-order valence-electron chi connectivity index (χ2n) is 4.62. The Labute approximate surface area is 111 Å². The van der Waals surface area contributed by atoms with Crippen molar-refractivity contribution in [2.24, 2.45) is 0 Å². The van der Waals surface area contributed by atoms with Crippen molar-refractivity contribution in [3.05, 3.63) is 29.1 Å². The number of aliphatic hydroxyl groups is 1. The SMILES string of the molecule is OCC1(Nc2c(F)c(F)c(F)c(F)c2F)CCOCC1. The predicted molar refractivity (Wildman–Crippen MR) is 59.7 cm³/mol. The highest BCUT2D eigenvalue weighted by molar-refractivity contribution is 5.50. The molecule has 3 nitrogen and oxygen atoms in total. The molecule has 1 fully saturated rings. The molecule has 2 N–H and O–H groups in total. The fourth-order valence-corrected chi connectivity index (χ4v) is 2.06. The van der Waals surface area contributed by atoms with E-state index in [1.807, 2.05) is 0 Å². The normalized spacial score (nSPS) is 18.1. The molecule has 1 aromatic carbocycles. The van der Waals surface area contributed by atoms with Crippen molar-refractivity contribution in [2.75, 3.05) is 25.1 Å². The van der Waals surface area contributed by atoms with Gasteiger partial charge >= 0.3 is 0 Å². The summed E-state index contributed by atoms with van der Waals surface area (Å²) in [5.74, 6) is -10.1. The highest BCUT2D eigenvalue weighted by Crippen LogP contribution is 2.32. The van der Waals surface area contributed by atoms with E-state index >= 15 is 0 Å². The van der Waals surface area contributed by atoms with Crippen LogP contribution in [0.15, 0.2) is 0 Å². The molecule has 0 atom stereocenters. The number of benzene rings is 1. The molecular formula is C12H12F5NO2. The third-order valence-electron chi connectivity index (χ3n) is 3.35. The van der Waals surface area contributed by atoms with Crippen molar-refractivity contribution in [3.8, 4) is 0 Å². The molecule has 1 heterocycles. The summed E-state index contributed by atoms with van der Waals surface area (Å²) in [6.07, 6.45) is 0.367. The van der Waals surface area contributed by atoms with E-state index < -0.39 is 46.9 Å². The molecule has 0 amide bonds. The summed E-state index contributed by atoms with van der Waals surface area (Å²) in [5.41, 5.74) is -2.30. The summed E-state index contributed by atoms with van der Waals surface area (Å²) in [5, 5.41) is 11.6. The summed E-state index contributed by atoms with van der Waals surface area (Å²) < 4.78 is 71.3. The number of hydrogen-bond donors (Lipinski definition) is 2. The standard InChI is InChI=1S/C12H12F5NO2/c13-6-7(14)9(16)11(10(17)8(6)15)18-12(5-19)1-3-20-4-2-12/h18-19H,1-5H2. The Morgan fingerprint density at radius 2 is 1.35 bits per heavy atom. The monoisotopic (exact) mass is 297 g/mol. The van der Waals surface area contributed by atoms with Gasteiger partial charge in [-0.1, -0.05) is 0 Å². The Morgan fingerprint density at radius 1 is 0.900 bits per heavy atom. The molecule has 0 saturated carbocycles. The molecule has 1 aromatic rings. The van der Waals surface area contributed by atoms with Crippen molar-refractivity contribution in [1.82, 2.24) is 0 Å². The summed E-state index contributed by atoms with van der Waals surface area (Å²) in [4.78, 5) is 0. The Hall–Kier alpha value is -1.41. The summed E-state index contributed by atoms with van der Waals surface area (Å²) in [7, 11) is 0. The molecule has 0 unspecified atom stereocenters. The number of anilines is 1. The zero-order valence-electron chi connectivity index (χ0n) is 10.3. The largest absolute Gasteiger partial charge is 0.394 e. The first-order valence-corrected chi connectivity index (χ1v) is 5.90. The molecule has 20 heavy (non-hydrogen) atoms. The number of hydrogen-bond acceptors (Lipinski definition) is 3. The van der Waals surface area contributed by atoms with Crippen molar-refractivity contribution >= 4 is 5.69 Å². The second kappa shape index (κ2) is 5.53. The molecule has 112 valence electrons. The van der Waals surface area contributed by atoms with E-state index in [0.29, 0.717) is 0 Å². The summed E-state index contributed by atoms with van der Waals surface area (Å²) in [6, 6.07) is 0. The van der Waals surface area contributed by atoms with Crippen LogP contribution < -0.4 is 5.32 Å². The van der Waals surface area contributed by atoms with E-state index in [1.165, 1.54) is 0 Å². The molecule has 8 heteroatoms. The van der Waals surface area contributed by atoms with Gasteiger partial charge in [-0.05, 0) is 12.8 Å². The predicted octanol–water partition coefficient (Wildman–Crippen LogP) is 2.34. The molecule has 1 saturated heterocycles. The fourth-order valence-electron chi connectivity index (χ4n) is 2.06. The number of ether oxygens (including phenoxy) is 1. The zero-order valence-corrected chi connectivity index (χ0v) is 10.3. The van der Waals surface area contributed by atoms with Crippen LogP contribution in [0.4, 0.5) is 27.6 Å². The molecule has 1 aliphatic heterocycles. The lowest BCUT2D eigenvalue weighted by Gasteiger charge is -2.37. The van der Waals surface area contributed by atoms with Crippen LogP contribution in [0.5, 0.6) is 0 Å². The quantitative estimate of drug-likeness (QED) is 0.511. The van der Waals surface area contributed by atoms with Crippen LogP contribution in [0.3, 0.4) is 0 Å². The van der Waals surface area contributed by atoms with E-state index in [-0.39, 0.29) is 26.1 Å². The molecular weight excluding hydrogens is 285 g/mol. The van der Waals surface area contributed by atoms with Gasteiger partial charge in [0, 0.05) is 13.2 Å². The second-order valence-corrected chi connectivity index (χ2v) is 4.62. The van der Waals surface area contributed by atoms with Crippen LogP contribution >= 0.6 is 0 Å². The molecule has 0 aromatic heterocycles. The summed E-state index contributed by atoms with van der Waals surface area (Å²) >= 11 is 0. The van der Waals surface area contributed by atoms with Gasteiger partial charge in [0.1, 0.15) is 5.69 Å². The van der Waals surface area contributed by atoms with Gasteiger partial charge in [0.05, 0.1) is 12.1 Å². The van der Waals surface area contributed by atoms with E-state index in [2.05, 4.69) is 5.32 Å². The Morgan fingerprint density at radius 3 is 1.80 bits per heavy atom. The van der Waals surface area contributed by atoms with Crippen molar-refractivity contribution in [2.45, 2.75) is 18.4 Å². The van der Waals surface area contributed by atoms with Crippen LogP contribution in [-0.2, 0) is 4.74 Å². The van der Waals surface area contributed by atoms with Gasteiger partial charge in [0.2, 0.25) is 5.82 Å². The maximum Gasteiger partial charge on any atom is 0.200 e. The van der Waals surface area contributed by atoms with Crippen LogP contribution in [0.25, 0.3) is 0 Å². The number of halogens is 5. The van der Waals surface area contributed by atoms with Crippen molar-refractivity contribution in [3.63, 3.8) is 0 Å². The van der Waals surface area contributed by atoms with Crippen LogP contribution in [0, 0.1) is 29.1 Å². The maximum absolute atomic E-state index is 13.6. The van der Waals surface area contributed by atoms with Crippen LogP contribution in [-0.4, -0.2) is 30.5 Å². The molecule has 1 aliphatic rings. The van der Waals surface area contributed by atoms with Crippen LogP contribution in [0.2, 0.25) is 0 Å². The fraction of sp³-hybridized carbons (Fsp3) is 0.500. The van der Waals surface area contributed by atoms with E-state index in [0.717, 1.165) is 0 Å².